The fourth-order valence-electron chi connectivity index (χ4n) is 2.12. The number of hydrogen-bond donors (Lipinski definition) is 0. The normalized spacial score (nSPS) is 10.8. The second-order valence-electron chi connectivity index (χ2n) is 4.35. The Labute approximate surface area is 122 Å². The Kier molecular flexibility index (Phi) is 3.28. The van der Waals surface area contributed by atoms with Gasteiger partial charge in [-0.15, -0.1) is 0 Å². The third kappa shape index (κ3) is 2.20. The van der Waals surface area contributed by atoms with Crippen LogP contribution in [-0.4, -0.2) is 4.57 Å². The minimum absolute atomic E-state index is 0.338. The quantitative estimate of drug-likeness (QED) is 0.725. The van der Waals surface area contributed by atoms with E-state index in [1.165, 1.54) is 4.57 Å². The first-order chi connectivity index (χ1) is 9.66. The monoisotopic (exact) mass is 331 g/mol. The molecule has 0 aliphatic heterocycles. The first-order valence-electron chi connectivity index (χ1n) is 6.03. The molecule has 0 bridgehead atoms. The minimum Gasteiger partial charge on any atom is -0.372 e. The van der Waals surface area contributed by atoms with Crippen molar-refractivity contribution in [1.29, 1.82) is 0 Å². The van der Waals surface area contributed by atoms with Crippen molar-refractivity contribution in [3.05, 3.63) is 79.5 Å². The Morgan fingerprint density at radius 2 is 1.70 bits per heavy atom. The van der Waals surface area contributed by atoms with Gasteiger partial charge in [-0.05, 0) is 23.8 Å². The maximum absolute atomic E-state index is 12.0. The van der Waals surface area contributed by atoms with Gasteiger partial charge in [-0.25, -0.2) is 9.59 Å². The molecule has 3 aromatic rings. The van der Waals surface area contributed by atoms with Gasteiger partial charge in [-0.3, -0.25) is 4.57 Å². The van der Waals surface area contributed by atoms with Crippen molar-refractivity contribution in [3.63, 3.8) is 0 Å². The molecule has 0 saturated heterocycles. The molecule has 0 fully saturated rings. The summed E-state index contributed by atoms with van der Waals surface area (Å²) in [5.41, 5.74) is 0.909. The van der Waals surface area contributed by atoms with Gasteiger partial charge in [0.2, 0.25) is 0 Å². The molecular formula is C15H10BrNO3. The zero-order valence-electron chi connectivity index (χ0n) is 10.4. The third-order valence-corrected chi connectivity index (χ3v) is 3.88. The Bertz CT molecular complexity index is 895. The molecule has 0 unspecified atom stereocenters. The highest BCUT2D eigenvalue weighted by Crippen LogP contribution is 2.18. The molecule has 2 aromatic carbocycles. The van der Waals surface area contributed by atoms with E-state index < -0.39 is 11.4 Å². The molecule has 0 aliphatic rings. The first kappa shape index (κ1) is 12.9. The Morgan fingerprint density at radius 1 is 1.00 bits per heavy atom. The molecule has 1 heterocycles. The summed E-state index contributed by atoms with van der Waals surface area (Å²) in [7, 11) is 0. The lowest BCUT2D eigenvalue weighted by atomic mass is 10.2. The predicted molar refractivity (Wildman–Crippen MR) is 80.0 cm³/mol. The van der Waals surface area contributed by atoms with Crippen molar-refractivity contribution in [2.75, 3.05) is 0 Å². The number of benzene rings is 2. The largest absolute Gasteiger partial charge is 0.422 e. The van der Waals surface area contributed by atoms with E-state index in [1.807, 2.05) is 24.3 Å². The molecule has 0 saturated carbocycles. The van der Waals surface area contributed by atoms with Gasteiger partial charge in [-0.1, -0.05) is 46.3 Å². The topological polar surface area (TPSA) is 52.2 Å². The summed E-state index contributed by atoms with van der Waals surface area (Å²) < 4.78 is 7.13. The van der Waals surface area contributed by atoms with Crippen LogP contribution in [0.25, 0.3) is 10.9 Å². The van der Waals surface area contributed by atoms with Crippen molar-refractivity contribution in [2.24, 2.45) is 0 Å². The molecule has 4 nitrogen and oxygen atoms in total. The third-order valence-electron chi connectivity index (χ3n) is 3.10. The molecule has 0 atom stereocenters. The molecule has 0 N–H and O–H groups in total. The zero-order chi connectivity index (χ0) is 14.1. The van der Waals surface area contributed by atoms with Gasteiger partial charge in [0, 0.05) is 4.47 Å². The van der Waals surface area contributed by atoms with E-state index in [4.69, 9.17) is 4.42 Å². The predicted octanol–water partition coefficient (Wildman–Crippen LogP) is 2.77. The summed E-state index contributed by atoms with van der Waals surface area (Å²) in [5.74, 6) is -0.649. The lowest BCUT2D eigenvalue weighted by molar-refractivity contribution is 0.424. The fraction of sp³-hybridized carbons (Fsp3) is 0.0667. The van der Waals surface area contributed by atoms with Crippen LogP contribution in [0, 0.1) is 0 Å². The summed E-state index contributed by atoms with van der Waals surface area (Å²) in [6, 6.07) is 14.5. The molecule has 0 aliphatic carbocycles. The van der Waals surface area contributed by atoms with Gasteiger partial charge in [0.25, 0.3) is 0 Å². The molecular weight excluding hydrogens is 322 g/mol. The lowest BCUT2D eigenvalue weighted by Crippen LogP contribution is -2.25. The molecule has 0 spiro atoms. The van der Waals surface area contributed by atoms with Crippen LogP contribution in [0.1, 0.15) is 5.56 Å². The fourth-order valence-corrected chi connectivity index (χ4v) is 2.53. The van der Waals surface area contributed by atoms with E-state index >= 15 is 0 Å². The Balaban J connectivity index is 2.25. The summed E-state index contributed by atoms with van der Waals surface area (Å²) in [5, 5.41) is 0.402. The molecule has 0 radical (unpaired) electrons. The van der Waals surface area contributed by atoms with Crippen LogP contribution in [0.2, 0.25) is 0 Å². The highest BCUT2D eigenvalue weighted by molar-refractivity contribution is 9.10. The maximum Gasteiger partial charge on any atom is 0.422 e. The van der Waals surface area contributed by atoms with Crippen LogP contribution < -0.4 is 11.4 Å². The van der Waals surface area contributed by atoms with Gasteiger partial charge in [-0.2, -0.15) is 0 Å². The van der Waals surface area contributed by atoms with E-state index in [2.05, 4.69) is 15.9 Å². The van der Waals surface area contributed by atoms with Crippen LogP contribution in [0.4, 0.5) is 0 Å². The van der Waals surface area contributed by atoms with Gasteiger partial charge in [0.05, 0.1) is 17.4 Å². The number of para-hydroxylation sites is 1. The molecule has 1 aromatic heterocycles. The van der Waals surface area contributed by atoms with Crippen LogP contribution >= 0.6 is 15.9 Å². The molecule has 3 rings (SSSR count). The van der Waals surface area contributed by atoms with Crippen molar-refractivity contribution in [3.8, 4) is 0 Å². The smallest absolute Gasteiger partial charge is 0.372 e. The molecule has 20 heavy (non-hydrogen) atoms. The van der Waals surface area contributed by atoms with Gasteiger partial charge >= 0.3 is 11.4 Å². The standard InChI is InChI=1S/C15H10BrNO3/c16-12-7-3-1-5-10(12)9-17-13-8-4-2-6-11(13)14(18)20-15(17)19/h1-8H,9H2. The van der Waals surface area contributed by atoms with Crippen molar-refractivity contribution in [2.45, 2.75) is 6.54 Å². The SMILES string of the molecule is O=c1oc(=O)n(Cc2ccccc2Br)c2ccccc12. The van der Waals surface area contributed by atoms with Gasteiger partial charge in [0.15, 0.2) is 0 Å². The number of hydrogen-bond acceptors (Lipinski definition) is 3. The van der Waals surface area contributed by atoms with E-state index in [-0.39, 0.29) is 0 Å². The van der Waals surface area contributed by atoms with E-state index in [9.17, 15) is 9.59 Å². The number of halogens is 1. The Morgan fingerprint density at radius 3 is 2.50 bits per heavy atom. The average Bonchev–Trinajstić information content (AvgIpc) is 2.45. The van der Waals surface area contributed by atoms with Crippen LogP contribution in [0.5, 0.6) is 0 Å². The lowest BCUT2D eigenvalue weighted by Gasteiger charge is -2.09. The first-order valence-corrected chi connectivity index (χ1v) is 6.82. The maximum atomic E-state index is 12.0. The summed E-state index contributed by atoms with van der Waals surface area (Å²) >= 11 is 3.45. The average molecular weight is 332 g/mol. The van der Waals surface area contributed by atoms with E-state index in [0.717, 1.165) is 10.0 Å². The number of aromatic nitrogens is 1. The molecule has 100 valence electrons. The van der Waals surface area contributed by atoms with Crippen LogP contribution in [0.15, 0.2) is 67.0 Å². The van der Waals surface area contributed by atoms with Crippen LogP contribution in [0.3, 0.4) is 0 Å². The summed E-state index contributed by atoms with van der Waals surface area (Å²) in [6.07, 6.45) is 0. The highest BCUT2D eigenvalue weighted by Gasteiger charge is 2.10. The van der Waals surface area contributed by atoms with Crippen molar-refractivity contribution >= 4 is 26.8 Å². The highest BCUT2D eigenvalue weighted by atomic mass is 79.9. The second-order valence-corrected chi connectivity index (χ2v) is 5.20. The number of rotatable bonds is 2. The zero-order valence-corrected chi connectivity index (χ0v) is 12.0. The second kappa shape index (κ2) is 5.09. The molecule has 0 amide bonds. The van der Waals surface area contributed by atoms with Crippen molar-refractivity contribution in [1.82, 2.24) is 4.57 Å². The summed E-state index contributed by atoms with van der Waals surface area (Å²) in [4.78, 5) is 23.6. The van der Waals surface area contributed by atoms with E-state index in [1.54, 1.807) is 24.3 Å². The Hall–Kier alpha value is -2.14. The van der Waals surface area contributed by atoms with Crippen molar-refractivity contribution < 1.29 is 4.42 Å². The minimum atomic E-state index is -0.649. The summed E-state index contributed by atoms with van der Waals surface area (Å²) in [6.45, 7) is 0.338. The van der Waals surface area contributed by atoms with E-state index in [0.29, 0.717) is 17.4 Å². The van der Waals surface area contributed by atoms with Gasteiger partial charge < -0.3 is 4.42 Å². The number of fused-ring (bicyclic) bond motifs is 1. The number of nitrogens with zero attached hydrogens (tertiary/aromatic N) is 1. The molecule has 5 heteroatoms. The van der Waals surface area contributed by atoms with Crippen LogP contribution in [-0.2, 0) is 6.54 Å². The van der Waals surface area contributed by atoms with Gasteiger partial charge in [0.1, 0.15) is 0 Å².